The van der Waals surface area contributed by atoms with Gasteiger partial charge < -0.3 is 4.74 Å². The zero-order valence-electron chi connectivity index (χ0n) is 8.69. The van der Waals surface area contributed by atoms with Gasteiger partial charge in [0.05, 0.1) is 6.61 Å². The van der Waals surface area contributed by atoms with Gasteiger partial charge in [0.25, 0.3) is 0 Å². The van der Waals surface area contributed by atoms with E-state index in [1.54, 1.807) is 0 Å². The molecule has 0 aliphatic carbocycles. The highest BCUT2D eigenvalue weighted by Gasteiger charge is 2.04. The van der Waals surface area contributed by atoms with Crippen molar-refractivity contribution in [3.05, 3.63) is 35.9 Å². The highest BCUT2D eigenvalue weighted by molar-refractivity contribution is 5.65. The molecular formula is C12H16O2. The van der Waals surface area contributed by atoms with Crippen molar-refractivity contribution >= 4 is 5.97 Å². The van der Waals surface area contributed by atoms with Crippen LogP contribution in [0.2, 0.25) is 0 Å². The van der Waals surface area contributed by atoms with E-state index in [-0.39, 0.29) is 5.97 Å². The quantitative estimate of drug-likeness (QED) is 0.685. The summed E-state index contributed by atoms with van der Waals surface area (Å²) >= 11 is 0. The number of carbonyl (C=O) groups is 1. The second-order valence-corrected chi connectivity index (χ2v) is 3.60. The molecule has 1 rings (SSSR count). The third-order valence-corrected chi connectivity index (χ3v) is 2.00. The van der Waals surface area contributed by atoms with Gasteiger partial charge in [0, 0.05) is 6.92 Å². The van der Waals surface area contributed by atoms with E-state index in [0.29, 0.717) is 12.5 Å². The average Bonchev–Trinajstić information content (AvgIpc) is 2.16. The Bertz CT molecular complexity index is 280. The first-order valence-corrected chi connectivity index (χ1v) is 4.86. The molecule has 0 unspecified atom stereocenters. The van der Waals surface area contributed by atoms with Crippen molar-refractivity contribution in [1.82, 2.24) is 0 Å². The standard InChI is InChI=1S/C12H16O2/c1-10(9-14-11(2)13)8-12-6-4-3-5-7-12/h3-7,10H,8-9H2,1-2H3/t10-/m1/s1. The van der Waals surface area contributed by atoms with Crippen LogP contribution in [0.1, 0.15) is 19.4 Å². The van der Waals surface area contributed by atoms with Crippen LogP contribution in [0, 0.1) is 5.92 Å². The predicted octanol–water partition coefficient (Wildman–Crippen LogP) is 2.43. The van der Waals surface area contributed by atoms with Gasteiger partial charge in [-0.2, -0.15) is 0 Å². The van der Waals surface area contributed by atoms with Crippen molar-refractivity contribution in [2.24, 2.45) is 5.92 Å². The topological polar surface area (TPSA) is 26.3 Å². The monoisotopic (exact) mass is 192 g/mol. The Morgan fingerprint density at radius 2 is 2.00 bits per heavy atom. The van der Waals surface area contributed by atoms with Gasteiger partial charge in [-0.05, 0) is 17.9 Å². The molecule has 0 N–H and O–H groups in total. The van der Waals surface area contributed by atoms with Crippen molar-refractivity contribution < 1.29 is 9.53 Å². The number of hydrogen-bond donors (Lipinski definition) is 0. The summed E-state index contributed by atoms with van der Waals surface area (Å²) in [6.07, 6.45) is 0.952. The number of hydrogen-bond acceptors (Lipinski definition) is 2. The lowest BCUT2D eigenvalue weighted by Gasteiger charge is -2.10. The van der Waals surface area contributed by atoms with Gasteiger partial charge in [-0.1, -0.05) is 37.3 Å². The van der Waals surface area contributed by atoms with Crippen LogP contribution < -0.4 is 0 Å². The number of esters is 1. The normalized spacial score (nSPS) is 12.1. The SMILES string of the molecule is CC(=O)OC[C@H](C)Cc1ccccc1. The summed E-state index contributed by atoms with van der Waals surface area (Å²) in [5, 5.41) is 0. The molecule has 0 spiro atoms. The van der Waals surface area contributed by atoms with Crippen LogP contribution in [0.4, 0.5) is 0 Å². The number of rotatable bonds is 4. The van der Waals surface area contributed by atoms with E-state index < -0.39 is 0 Å². The summed E-state index contributed by atoms with van der Waals surface area (Å²) < 4.78 is 4.94. The molecule has 0 aliphatic rings. The molecule has 0 aromatic heterocycles. The smallest absolute Gasteiger partial charge is 0.302 e. The second kappa shape index (κ2) is 5.43. The molecule has 0 radical (unpaired) electrons. The Hall–Kier alpha value is -1.31. The molecule has 0 aliphatic heterocycles. The minimum Gasteiger partial charge on any atom is -0.466 e. The van der Waals surface area contributed by atoms with E-state index in [9.17, 15) is 4.79 Å². The van der Waals surface area contributed by atoms with Gasteiger partial charge >= 0.3 is 5.97 Å². The van der Waals surface area contributed by atoms with Crippen LogP contribution in [0.3, 0.4) is 0 Å². The molecule has 2 heteroatoms. The van der Waals surface area contributed by atoms with Crippen LogP contribution in [0.15, 0.2) is 30.3 Å². The van der Waals surface area contributed by atoms with E-state index in [1.807, 2.05) is 18.2 Å². The van der Waals surface area contributed by atoms with Crippen LogP contribution >= 0.6 is 0 Å². The summed E-state index contributed by atoms with van der Waals surface area (Å²) in [4.78, 5) is 10.6. The number of ether oxygens (including phenoxy) is 1. The Kier molecular flexibility index (Phi) is 4.17. The number of benzene rings is 1. The maximum Gasteiger partial charge on any atom is 0.302 e. The van der Waals surface area contributed by atoms with Gasteiger partial charge in [0.1, 0.15) is 0 Å². The molecule has 1 aromatic rings. The van der Waals surface area contributed by atoms with Gasteiger partial charge in [0.15, 0.2) is 0 Å². The largest absolute Gasteiger partial charge is 0.466 e. The lowest BCUT2D eigenvalue weighted by molar-refractivity contribution is -0.142. The lowest BCUT2D eigenvalue weighted by Crippen LogP contribution is -2.11. The zero-order chi connectivity index (χ0) is 10.4. The highest BCUT2D eigenvalue weighted by Crippen LogP contribution is 2.08. The van der Waals surface area contributed by atoms with Crippen LogP contribution in [0.5, 0.6) is 0 Å². The fourth-order valence-corrected chi connectivity index (χ4v) is 1.34. The van der Waals surface area contributed by atoms with Gasteiger partial charge in [-0.25, -0.2) is 0 Å². The molecule has 0 saturated heterocycles. The minimum atomic E-state index is -0.204. The van der Waals surface area contributed by atoms with E-state index in [0.717, 1.165) is 6.42 Å². The Labute approximate surface area is 84.9 Å². The Balaban J connectivity index is 2.34. The molecule has 1 atom stereocenters. The van der Waals surface area contributed by atoms with Crippen LogP contribution in [-0.2, 0) is 16.0 Å². The van der Waals surface area contributed by atoms with E-state index in [4.69, 9.17) is 4.74 Å². The van der Waals surface area contributed by atoms with Crippen LogP contribution in [-0.4, -0.2) is 12.6 Å². The van der Waals surface area contributed by atoms with E-state index in [1.165, 1.54) is 12.5 Å². The van der Waals surface area contributed by atoms with Crippen LogP contribution in [0.25, 0.3) is 0 Å². The van der Waals surface area contributed by atoms with Crippen molar-refractivity contribution in [1.29, 1.82) is 0 Å². The van der Waals surface area contributed by atoms with Crippen molar-refractivity contribution in [2.45, 2.75) is 20.3 Å². The first-order valence-electron chi connectivity index (χ1n) is 4.86. The average molecular weight is 192 g/mol. The van der Waals surface area contributed by atoms with E-state index >= 15 is 0 Å². The lowest BCUT2D eigenvalue weighted by atomic mass is 10.0. The summed E-state index contributed by atoms with van der Waals surface area (Å²) in [7, 11) is 0. The molecule has 0 fully saturated rings. The molecular weight excluding hydrogens is 176 g/mol. The first-order chi connectivity index (χ1) is 6.68. The molecule has 0 saturated carbocycles. The van der Waals surface area contributed by atoms with Crippen molar-refractivity contribution in [2.75, 3.05) is 6.61 Å². The third kappa shape index (κ3) is 4.08. The molecule has 1 aromatic carbocycles. The Morgan fingerprint density at radius 1 is 1.36 bits per heavy atom. The molecule has 14 heavy (non-hydrogen) atoms. The molecule has 2 nitrogen and oxygen atoms in total. The van der Waals surface area contributed by atoms with Crippen molar-refractivity contribution in [3.8, 4) is 0 Å². The summed E-state index contributed by atoms with van der Waals surface area (Å²) in [6.45, 7) is 4.02. The van der Waals surface area contributed by atoms with Gasteiger partial charge in [-0.3, -0.25) is 4.79 Å². The molecule has 0 amide bonds. The van der Waals surface area contributed by atoms with Gasteiger partial charge in [-0.15, -0.1) is 0 Å². The summed E-state index contributed by atoms with van der Waals surface area (Å²) in [5.74, 6) is 0.172. The van der Waals surface area contributed by atoms with Gasteiger partial charge in [0.2, 0.25) is 0 Å². The zero-order valence-corrected chi connectivity index (χ0v) is 8.69. The third-order valence-electron chi connectivity index (χ3n) is 2.00. The highest BCUT2D eigenvalue weighted by atomic mass is 16.5. The molecule has 76 valence electrons. The van der Waals surface area contributed by atoms with E-state index in [2.05, 4.69) is 19.1 Å². The first kappa shape index (κ1) is 10.8. The van der Waals surface area contributed by atoms with Crippen molar-refractivity contribution in [3.63, 3.8) is 0 Å². The number of carbonyl (C=O) groups excluding carboxylic acids is 1. The fourth-order valence-electron chi connectivity index (χ4n) is 1.34. The summed E-state index contributed by atoms with van der Waals surface area (Å²) in [5.41, 5.74) is 1.28. The summed E-state index contributed by atoms with van der Waals surface area (Å²) in [6, 6.07) is 10.2. The Morgan fingerprint density at radius 3 is 2.57 bits per heavy atom. The minimum absolute atomic E-state index is 0.204. The second-order valence-electron chi connectivity index (χ2n) is 3.60. The predicted molar refractivity (Wildman–Crippen MR) is 55.9 cm³/mol. The molecule has 0 bridgehead atoms. The maximum absolute atomic E-state index is 10.6. The molecule has 0 heterocycles. The maximum atomic E-state index is 10.6. The fraction of sp³-hybridized carbons (Fsp3) is 0.417.